The third kappa shape index (κ3) is 5.02. The van der Waals surface area contributed by atoms with Crippen molar-refractivity contribution >= 4 is 34.6 Å². The molecule has 0 saturated carbocycles. The molecule has 1 aromatic carbocycles. The van der Waals surface area contributed by atoms with Crippen molar-refractivity contribution in [3.63, 3.8) is 0 Å². The van der Waals surface area contributed by atoms with Gasteiger partial charge in [-0.1, -0.05) is 35.9 Å². The summed E-state index contributed by atoms with van der Waals surface area (Å²) in [5.74, 6) is 0. The van der Waals surface area contributed by atoms with Crippen molar-refractivity contribution in [3.8, 4) is 0 Å². The van der Waals surface area contributed by atoms with E-state index in [-0.39, 0.29) is 0 Å². The molecule has 0 unspecified atom stereocenters. The first-order valence-corrected chi connectivity index (χ1v) is 10.9. The van der Waals surface area contributed by atoms with E-state index in [1.165, 1.54) is 11.1 Å². The molecule has 8 heteroatoms. The molecule has 3 aromatic rings. The minimum Gasteiger partial charge on any atom is -0.362 e. The smallest absolute Gasteiger partial charge is 0.170 e. The molecule has 0 aliphatic heterocycles. The van der Waals surface area contributed by atoms with Crippen LogP contribution in [-0.2, 0) is 13.1 Å². The van der Waals surface area contributed by atoms with E-state index in [4.69, 9.17) is 28.9 Å². The van der Waals surface area contributed by atoms with Gasteiger partial charge in [-0.2, -0.15) is 10.2 Å². The molecule has 3 rings (SSSR count). The molecule has 2 aromatic heterocycles. The third-order valence-electron chi connectivity index (χ3n) is 5.33. The molecular weight excluding hydrogens is 416 g/mol. The number of anilines is 1. The van der Waals surface area contributed by atoms with Gasteiger partial charge in [0.1, 0.15) is 0 Å². The highest BCUT2D eigenvalue weighted by Crippen LogP contribution is 2.21. The van der Waals surface area contributed by atoms with E-state index in [9.17, 15) is 0 Å². The van der Waals surface area contributed by atoms with E-state index < -0.39 is 0 Å². The van der Waals surface area contributed by atoms with Gasteiger partial charge in [-0.3, -0.25) is 9.36 Å². The largest absolute Gasteiger partial charge is 0.362 e. The average molecular weight is 445 g/mol. The van der Waals surface area contributed by atoms with Crippen LogP contribution < -0.4 is 10.6 Å². The van der Waals surface area contributed by atoms with Crippen molar-refractivity contribution in [3.05, 3.63) is 63.2 Å². The summed E-state index contributed by atoms with van der Waals surface area (Å²) >= 11 is 11.7. The van der Waals surface area contributed by atoms with Gasteiger partial charge < -0.3 is 10.6 Å². The van der Waals surface area contributed by atoms with Crippen molar-refractivity contribution in [2.45, 2.75) is 54.1 Å². The van der Waals surface area contributed by atoms with Gasteiger partial charge in [-0.05, 0) is 64.4 Å². The lowest BCUT2D eigenvalue weighted by Crippen LogP contribution is -2.30. The Morgan fingerprint density at radius 1 is 1.00 bits per heavy atom. The van der Waals surface area contributed by atoms with Crippen LogP contribution in [0, 0.1) is 34.6 Å². The molecular formula is C22H29ClN6S. The summed E-state index contributed by atoms with van der Waals surface area (Å²) in [4.78, 5) is 0. The fourth-order valence-electron chi connectivity index (χ4n) is 3.46. The zero-order valence-corrected chi connectivity index (χ0v) is 19.8. The van der Waals surface area contributed by atoms with Crippen LogP contribution in [0.1, 0.15) is 40.3 Å². The molecule has 6 nitrogen and oxygen atoms in total. The van der Waals surface area contributed by atoms with Crippen molar-refractivity contribution < 1.29 is 0 Å². The number of aromatic nitrogens is 4. The average Bonchev–Trinajstić information content (AvgIpc) is 3.11. The van der Waals surface area contributed by atoms with Gasteiger partial charge in [-0.25, -0.2) is 0 Å². The second-order valence-corrected chi connectivity index (χ2v) is 8.36. The Labute approximate surface area is 188 Å². The van der Waals surface area contributed by atoms with E-state index in [0.717, 1.165) is 59.5 Å². The van der Waals surface area contributed by atoms with E-state index in [0.29, 0.717) is 5.11 Å². The summed E-state index contributed by atoms with van der Waals surface area (Å²) < 4.78 is 3.97. The van der Waals surface area contributed by atoms with Crippen LogP contribution in [0.2, 0.25) is 5.02 Å². The van der Waals surface area contributed by atoms with Crippen molar-refractivity contribution in [1.29, 1.82) is 0 Å². The number of nitrogens with zero attached hydrogens (tertiary/aromatic N) is 4. The predicted molar refractivity (Wildman–Crippen MR) is 128 cm³/mol. The quantitative estimate of drug-likeness (QED) is 0.408. The summed E-state index contributed by atoms with van der Waals surface area (Å²) in [6, 6.07) is 8.38. The first kappa shape index (κ1) is 22.3. The van der Waals surface area contributed by atoms with Crippen LogP contribution in [0.5, 0.6) is 0 Å². The number of hydrogen-bond acceptors (Lipinski definition) is 3. The molecule has 2 heterocycles. The first-order valence-electron chi connectivity index (χ1n) is 10.1. The highest BCUT2D eigenvalue weighted by Gasteiger charge is 2.14. The summed E-state index contributed by atoms with van der Waals surface area (Å²) in [6.07, 6.45) is 0.893. The number of halogens is 1. The van der Waals surface area contributed by atoms with Crippen LogP contribution >= 0.6 is 23.8 Å². The van der Waals surface area contributed by atoms with Gasteiger partial charge in [0, 0.05) is 13.1 Å². The van der Waals surface area contributed by atoms with Crippen LogP contribution in [0.3, 0.4) is 0 Å². The van der Waals surface area contributed by atoms with Gasteiger partial charge in [0.25, 0.3) is 0 Å². The lowest BCUT2D eigenvalue weighted by Gasteiger charge is -2.12. The Balaban J connectivity index is 1.54. The molecule has 2 N–H and O–H groups in total. The van der Waals surface area contributed by atoms with E-state index in [2.05, 4.69) is 53.8 Å². The summed E-state index contributed by atoms with van der Waals surface area (Å²) in [5.41, 5.74) is 7.36. The number of nitrogens with one attached hydrogen (secondary N) is 2. The predicted octanol–water partition coefficient (Wildman–Crippen LogP) is 4.70. The lowest BCUT2D eigenvalue weighted by atomic mass is 10.1. The van der Waals surface area contributed by atoms with Gasteiger partial charge in [-0.15, -0.1) is 0 Å². The summed E-state index contributed by atoms with van der Waals surface area (Å²) in [7, 11) is 0. The molecule has 0 atom stereocenters. The fourth-order valence-corrected chi connectivity index (χ4v) is 3.80. The lowest BCUT2D eigenvalue weighted by molar-refractivity contribution is 0.558. The number of aryl methyl sites for hydroxylation is 4. The SMILES string of the molecule is Cc1ccccc1Cn1nc(C)c(NC(=S)NCCCn2nc(C)c(Cl)c2C)c1C. The Bertz CT molecular complexity index is 1050. The third-order valence-corrected chi connectivity index (χ3v) is 6.12. The van der Waals surface area contributed by atoms with E-state index in [1.54, 1.807) is 0 Å². The Morgan fingerprint density at radius 3 is 2.37 bits per heavy atom. The van der Waals surface area contributed by atoms with Crippen LogP contribution in [-0.4, -0.2) is 31.2 Å². The van der Waals surface area contributed by atoms with Crippen LogP contribution in [0.25, 0.3) is 0 Å². The second kappa shape index (κ2) is 9.62. The van der Waals surface area contributed by atoms with Crippen LogP contribution in [0.4, 0.5) is 5.69 Å². The number of benzene rings is 1. The monoisotopic (exact) mass is 444 g/mol. The zero-order chi connectivity index (χ0) is 21.8. The molecule has 0 bridgehead atoms. The minimum absolute atomic E-state index is 0.600. The number of rotatable bonds is 7. The van der Waals surface area contributed by atoms with E-state index in [1.807, 2.05) is 30.1 Å². The highest BCUT2D eigenvalue weighted by atomic mass is 35.5. The standard InChI is InChI=1S/C22H29ClN6S/c1-14-9-6-7-10-19(14)13-29-18(5)21(16(3)27-29)25-22(30)24-11-8-12-28-17(4)20(23)15(2)26-28/h6-7,9-10H,8,11-13H2,1-5H3,(H2,24,25,30). The van der Waals surface area contributed by atoms with Crippen molar-refractivity contribution in [2.75, 3.05) is 11.9 Å². The highest BCUT2D eigenvalue weighted by molar-refractivity contribution is 7.80. The molecule has 0 fully saturated rings. The van der Waals surface area contributed by atoms with Crippen molar-refractivity contribution in [2.24, 2.45) is 0 Å². The maximum Gasteiger partial charge on any atom is 0.170 e. The zero-order valence-electron chi connectivity index (χ0n) is 18.2. The Hall–Kier alpha value is -2.38. The van der Waals surface area contributed by atoms with E-state index >= 15 is 0 Å². The van der Waals surface area contributed by atoms with Gasteiger partial charge >= 0.3 is 0 Å². The molecule has 0 saturated heterocycles. The Kier molecular flexibility index (Phi) is 7.15. The summed E-state index contributed by atoms with van der Waals surface area (Å²) in [6.45, 7) is 12.4. The molecule has 0 aliphatic carbocycles. The van der Waals surface area contributed by atoms with Crippen LogP contribution in [0.15, 0.2) is 24.3 Å². The molecule has 0 spiro atoms. The first-order chi connectivity index (χ1) is 14.3. The molecule has 0 aliphatic rings. The normalized spacial score (nSPS) is 11.0. The number of thiocarbonyl (C=S) groups is 1. The van der Waals surface area contributed by atoms with Crippen molar-refractivity contribution in [1.82, 2.24) is 24.9 Å². The molecule has 0 radical (unpaired) electrons. The molecule has 30 heavy (non-hydrogen) atoms. The van der Waals surface area contributed by atoms with Gasteiger partial charge in [0.2, 0.25) is 0 Å². The maximum atomic E-state index is 6.21. The second-order valence-electron chi connectivity index (χ2n) is 7.57. The van der Waals surface area contributed by atoms with Gasteiger partial charge in [0.15, 0.2) is 5.11 Å². The summed E-state index contributed by atoms with van der Waals surface area (Å²) in [5, 5.41) is 17.1. The molecule has 0 amide bonds. The Morgan fingerprint density at radius 2 is 1.70 bits per heavy atom. The van der Waals surface area contributed by atoms with Gasteiger partial charge in [0.05, 0.1) is 40.0 Å². The fraction of sp³-hybridized carbons (Fsp3) is 0.409. The molecule has 160 valence electrons. The number of hydrogen-bond donors (Lipinski definition) is 2. The minimum atomic E-state index is 0.600. The topological polar surface area (TPSA) is 59.7 Å². The maximum absolute atomic E-state index is 6.21.